The van der Waals surface area contributed by atoms with Gasteiger partial charge >= 0.3 is 0 Å². The molecule has 1 aromatic carbocycles. The minimum Gasteiger partial charge on any atom is -0.333 e. The molecule has 2 aromatic rings. The maximum Gasteiger partial charge on any atom is 0.138 e. The van der Waals surface area contributed by atoms with Gasteiger partial charge in [-0.05, 0) is 31.0 Å². The van der Waals surface area contributed by atoms with Crippen LogP contribution in [0, 0.1) is 0 Å². The molecule has 1 unspecified atom stereocenters. The highest BCUT2D eigenvalue weighted by Gasteiger charge is 2.34. The molecular formula is C18H20N4. The minimum atomic E-state index is -0.125. The molecule has 0 radical (unpaired) electrons. The van der Waals surface area contributed by atoms with Crippen molar-refractivity contribution < 1.29 is 0 Å². The first-order valence-corrected chi connectivity index (χ1v) is 7.96. The van der Waals surface area contributed by atoms with Crippen LogP contribution in [0.1, 0.15) is 43.0 Å². The van der Waals surface area contributed by atoms with Crippen molar-refractivity contribution >= 4 is 11.5 Å². The average molecular weight is 292 g/mol. The van der Waals surface area contributed by atoms with E-state index in [0.717, 1.165) is 22.6 Å². The number of benzene rings is 1. The molecule has 1 saturated carbocycles. The molecule has 0 bridgehead atoms. The number of amidine groups is 1. The summed E-state index contributed by atoms with van der Waals surface area (Å²) in [6, 6.07) is 12.7. The third-order valence-electron chi connectivity index (χ3n) is 4.68. The van der Waals surface area contributed by atoms with E-state index in [-0.39, 0.29) is 6.17 Å². The fraction of sp³-hybridized carbons (Fsp3) is 0.333. The van der Waals surface area contributed by atoms with Crippen molar-refractivity contribution in [1.82, 2.24) is 9.88 Å². The van der Waals surface area contributed by atoms with Crippen molar-refractivity contribution in [2.45, 2.75) is 37.9 Å². The van der Waals surface area contributed by atoms with E-state index >= 15 is 0 Å². The number of aliphatic imine (C=N–C) groups is 1. The van der Waals surface area contributed by atoms with Crippen LogP contribution in [0.25, 0.3) is 0 Å². The monoisotopic (exact) mass is 292 g/mol. The maximum atomic E-state index is 6.63. The summed E-state index contributed by atoms with van der Waals surface area (Å²) in [5.74, 6) is 0.987. The summed E-state index contributed by atoms with van der Waals surface area (Å²) in [5.41, 5.74) is 9.82. The Morgan fingerprint density at radius 3 is 2.50 bits per heavy atom. The fourth-order valence-electron chi connectivity index (χ4n) is 3.59. The first kappa shape index (κ1) is 13.5. The van der Waals surface area contributed by atoms with Crippen LogP contribution >= 0.6 is 0 Å². The summed E-state index contributed by atoms with van der Waals surface area (Å²) in [4.78, 5) is 11.4. The zero-order valence-electron chi connectivity index (χ0n) is 12.5. The molecule has 22 heavy (non-hydrogen) atoms. The largest absolute Gasteiger partial charge is 0.333 e. The number of fused-ring (bicyclic) bond motifs is 1. The summed E-state index contributed by atoms with van der Waals surface area (Å²) in [5, 5.41) is 0. The van der Waals surface area contributed by atoms with Gasteiger partial charge in [0.25, 0.3) is 0 Å². The Labute approximate surface area is 130 Å². The Balaban J connectivity index is 1.85. The smallest absolute Gasteiger partial charge is 0.138 e. The average Bonchev–Trinajstić information content (AvgIpc) is 3.10. The second-order valence-corrected chi connectivity index (χ2v) is 6.02. The zero-order valence-corrected chi connectivity index (χ0v) is 12.5. The summed E-state index contributed by atoms with van der Waals surface area (Å²) < 4.78 is 0. The van der Waals surface area contributed by atoms with Gasteiger partial charge in [0.15, 0.2) is 0 Å². The molecule has 2 N–H and O–H groups in total. The summed E-state index contributed by atoms with van der Waals surface area (Å²) in [6.45, 7) is 0. The molecule has 4 rings (SSSR count). The van der Waals surface area contributed by atoms with Gasteiger partial charge in [-0.1, -0.05) is 31.0 Å². The van der Waals surface area contributed by atoms with Gasteiger partial charge < -0.3 is 10.6 Å². The summed E-state index contributed by atoms with van der Waals surface area (Å²) in [7, 11) is 0. The SMILES string of the molecule is NC1c2ccccc2N=C(c2ccncc2)N1C1CCCC1. The minimum absolute atomic E-state index is 0.125. The van der Waals surface area contributed by atoms with E-state index in [1.54, 1.807) is 0 Å². The molecule has 112 valence electrons. The molecule has 2 aliphatic rings. The molecule has 0 amide bonds. The first-order valence-electron chi connectivity index (χ1n) is 7.96. The quantitative estimate of drug-likeness (QED) is 0.923. The van der Waals surface area contributed by atoms with E-state index in [9.17, 15) is 0 Å². The number of pyridine rings is 1. The second kappa shape index (κ2) is 5.54. The van der Waals surface area contributed by atoms with Gasteiger partial charge in [-0.25, -0.2) is 4.99 Å². The highest BCUT2D eigenvalue weighted by molar-refractivity contribution is 6.01. The van der Waals surface area contributed by atoms with E-state index in [1.807, 2.05) is 42.7 Å². The lowest BCUT2D eigenvalue weighted by Gasteiger charge is -2.40. The van der Waals surface area contributed by atoms with Crippen LogP contribution in [0.15, 0.2) is 53.8 Å². The molecule has 4 heteroatoms. The van der Waals surface area contributed by atoms with Gasteiger partial charge in [0.2, 0.25) is 0 Å². The van der Waals surface area contributed by atoms with E-state index in [0.29, 0.717) is 6.04 Å². The Morgan fingerprint density at radius 1 is 1.00 bits per heavy atom. The van der Waals surface area contributed by atoms with Crippen molar-refractivity contribution in [2.24, 2.45) is 10.7 Å². The fourth-order valence-corrected chi connectivity index (χ4v) is 3.59. The number of rotatable bonds is 2. The van der Waals surface area contributed by atoms with Gasteiger partial charge in [0, 0.05) is 29.6 Å². The highest BCUT2D eigenvalue weighted by atomic mass is 15.3. The lowest BCUT2D eigenvalue weighted by atomic mass is 10.0. The summed E-state index contributed by atoms with van der Waals surface area (Å²) >= 11 is 0. The van der Waals surface area contributed by atoms with Gasteiger partial charge in [0.05, 0.1) is 5.69 Å². The predicted molar refractivity (Wildman–Crippen MR) is 87.9 cm³/mol. The van der Waals surface area contributed by atoms with Crippen LogP contribution in [0.4, 0.5) is 5.69 Å². The molecule has 1 fully saturated rings. The number of hydrogen-bond donors (Lipinski definition) is 1. The van der Waals surface area contributed by atoms with Crippen molar-refractivity contribution in [2.75, 3.05) is 0 Å². The molecule has 0 spiro atoms. The predicted octanol–water partition coefficient (Wildman–Crippen LogP) is 3.38. The van der Waals surface area contributed by atoms with Crippen LogP contribution in [-0.2, 0) is 0 Å². The topological polar surface area (TPSA) is 54.5 Å². The van der Waals surface area contributed by atoms with Crippen LogP contribution in [-0.4, -0.2) is 21.8 Å². The van der Waals surface area contributed by atoms with Crippen LogP contribution in [0.2, 0.25) is 0 Å². The normalized spacial score (nSPS) is 21.6. The first-order chi connectivity index (χ1) is 10.8. The third kappa shape index (κ3) is 2.20. The van der Waals surface area contributed by atoms with E-state index < -0.39 is 0 Å². The van der Waals surface area contributed by atoms with E-state index in [1.165, 1.54) is 25.7 Å². The lowest BCUT2D eigenvalue weighted by molar-refractivity contribution is 0.240. The molecule has 1 aliphatic heterocycles. The second-order valence-electron chi connectivity index (χ2n) is 6.02. The van der Waals surface area contributed by atoms with Crippen LogP contribution < -0.4 is 5.73 Å². The van der Waals surface area contributed by atoms with Crippen LogP contribution in [0.5, 0.6) is 0 Å². The lowest BCUT2D eigenvalue weighted by Crippen LogP contribution is -2.47. The Hall–Kier alpha value is -2.20. The standard InChI is InChI=1S/C18H20N4/c19-17-15-7-3-4-8-16(15)21-18(13-9-11-20-12-10-13)22(17)14-5-1-2-6-14/h3-4,7-12,14,17H,1-2,5-6,19H2. The molecule has 1 aromatic heterocycles. The Bertz CT molecular complexity index is 689. The van der Waals surface area contributed by atoms with Gasteiger partial charge in [-0.2, -0.15) is 0 Å². The van der Waals surface area contributed by atoms with Crippen molar-refractivity contribution in [3.63, 3.8) is 0 Å². The van der Waals surface area contributed by atoms with E-state index in [4.69, 9.17) is 10.7 Å². The molecular weight excluding hydrogens is 272 g/mol. The summed E-state index contributed by atoms with van der Waals surface area (Å²) in [6.07, 6.45) is 8.45. The number of hydrogen-bond acceptors (Lipinski definition) is 4. The van der Waals surface area contributed by atoms with E-state index in [2.05, 4.69) is 16.0 Å². The van der Waals surface area contributed by atoms with Crippen molar-refractivity contribution in [1.29, 1.82) is 0 Å². The molecule has 1 aliphatic carbocycles. The number of aromatic nitrogens is 1. The van der Waals surface area contributed by atoms with Crippen LogP contribution in [0.3, 0.4) is 0 Å². The molecule has 1 atom stereocenters. The number of nitrogens with two attached hydrogens (primary N) is 1. The Morgan fingerprint density at radius 2 is 1.73 bits per heavy atom. The third-order valence-corrected chi connectivity index (χ3v) is 4.68. The molecule has 4 nitrogen and oxygen atoms in total. The zero-order chi connectivity index (χ0) is 14.9. The van der Waals surface area contributed by atoms with Crippen molar-refractivity contribution in [3.05, 3.63) is 59.9 Å². The molecule has 2 heterocycles. The van der Waals surface area contributed by atoms with Gasteiger partial charge in [-0.15, -0.1) is 0 Å². The van der Waals surface area contributed by atoms with Crippen molar-refractivity contribution in [3.8, 4) is 0 Å². The number of para-hydroxylation sites is 1. The molecule has 0 saturated heterocycles. The Kier molecular flexibility index (Phi) is 3.39. The number of nitrogens with zero attached hydrogens (tertiary/aromatic N) is 3. The maximum absolute atomic E-state index is 6.63. The van der Waals surface area contributed by atoms with Gasteiger partial charge in [0.1, 0.15) is 12.0 Å². The highest BCUT2D eigenvalue weighted by Crippen LogP contribution is 2.38. The van der Waals surface area contributed by atoms with Gasteiger partial charge in [-0.3, -0.25) is 4.98 Å².